The van der Waals surface area contributed by atoms with Gasteiger partial charge in [0.05, 0.1) is 11.5 Å². The molecule has 1 N–H and O–H groups in total. The Morgan fingerprint density at radius 1 is 1.35 bits per heavy atom. The van der Waals surface area contributed by atoms with E-state index in [9.17, 15) is 10.1 Å². The maximum Gasteiger partial charge on any atom is 0.269 e. The zero-order valence-corrected chi connectivity index (χ0v) is 13.7. The van der Waals surface area contributed by atoms with E-state index < -0.39 is 0 Å². The molecule has 0 bridgehead atoms. The van der Waals surface area contributed by atoms with Crippen LogP contribution in [0.1, 0.15) is 24.8 Å². The molecule has 0 saturated carbocycles. The lowest BCUT2D eigenvalue weighted by Crippen LogP contribution is -2.41. The summed E-state index contributed by atoms with van der Waals surface area (Å²) in [6.45, 7) is 7.14. The molecule has 0 radical (unpaired) electrons. The van der Waals surface area contributed by atoms with E-state index >= 15 is 0 Å². The van der Waals surface area contributed by atoms with Gasteiger partial charge in [0.25, 0.3) is 5.69 Å². The molecule has 3 rings (SSSR count). The van der Waals surface area contributed by atoms with Crippen molar-refractivity contribution in [2.45, 2.75) is 32.2 Å². The average Bonchev–Trinajstić information content (AvgIpc) is 3.04. The fourth-order valence-corrected chi connectivity index (χ4v) is 3.50. The van der Waals surface area contributed by atoms with Gasteiger partial charge in [0.1, 0.15) is 0 Å². The summed E-state index contributed by atoms with van der Waals surface area (Å²) in [5, 5.41) is 14.4. The number of ether oxygens (including phenoxy) is 1. The smallest absolute Gasteiger partial charge is 0.269 e. The summed E-state index contributed by atoms with van der Waals surface area (Å²) in [6.07, 6.45) is 3.42. The second-order valence-electron chi connectivity index (χ2n) is 6.71. The molecule has 23 heavy (non-hydrogen) atoms. The van der Waals surface area contributed by atoms with E-state index in [1.54, 1.807) is 12.1 Å². The lowest BCUT2D eigenvalue weighted by atomic mass is 10.0. The number of benzene rings is 1. The van der Waals surface area contributed by atoms with Gasteiger partial charge in [-0.15, -0.1) is 0 Å². The monoisotopic (exact) mass is 319 g/mol. The van der Waals surface area contributed by atoms with Crippen LogP contribution in [0.3, 0.4) is 0 Å². The molecule has 6 heteroatoms. The number of rotatable bonds is 5. The van der Waals surface area contributed by atoms with Gasteiger partial charge in [-0.1, -0.05) is 0 Å². The van der Waals surface area contributed by atoms with Crippen molar-refractivity contribution in [3.05, 3.63) is 33.9 Å². The third-order valence-electron chi connectivity index (χ3n) is 4.91. The van der Waals surface area contributed by atoms with Crippen molar-refractivity contribution >= 4 is 11.4 Å². The topological polar surface area (TPSA) is 67.6 Å². The van der Waals surface area contributed by atoms with Gasteiger partial charge in [0.15, 0.2) is 0 Å². The molecule has 2 heterocycles. The predicted molar refractivity (Wildman–Crippen MR) is 89.8 cm³/mol. The molecule has 126 valence electrons. The van der Waals surface area contributed by atoms with Gasteiger partial charge in [0, 0.05) is 50.1 Å². The van der Waals surface area contributed by atoms with Crippen LogP contribution in [0.2, 0.25) is 0 Å². The first-order valence-corrected chi connectivity index (χ1v) is 8.43. The number of non-ortho nitro benzene ring substituents is 1. The molecule has 6 nitrogen and oxygen atoms in total. The zero-order chi connectivity index (χ0) is 16.2. The number of aryl methyl sites for hydroxylation is 1. The van der Waals surface area contributed by atoms with Crippen molar-refractivity contribution < 1.29 is 9.66 Å². The van der Waals surface area contributed by atoms with E-state index in [1.807, 2.05) is 13.0 Å². The summed E-state index contributed by atoms with van der Waals surface area (Å²) in [5.41, 5.74) is 2.10. The lowest BCUT2D eigenvalue weighted by Gasteiger charge is -2.34. The van der Waals surface area contributed by atoms with Crippen LogP contribution < -0.4 is 5.32 Å². The molecule has 2 fully saturated rings. The van der Waals surface area contributed by atoms with Crippen molar-refractivity contribution in [1.29, 1.82) is 0 Å². The van der Waals surface area contributed by atoms with Gasteiger partial charge in [-0.2, -0.15) is 0 Å². The second kappa shape index (κ2) is 7.27. The van der Waals surface area contributed by atoms with Gasteiger partial charge >= 0.3 is 0 Å². The molecule has 1 unspecified atom stereocenters. The van der Waals surface area contributed by atoms with Gasteiger partial charge in [-0.3, -0.25) is 10.1 Å². The molecule has 0 spiro atoms. The molecule has 1 atom stereocenters. The number of hydrogen-bond acceptors (Lipinski definition) is 5. The Hall–Kier alpha value is -1.66. The van der Waals surface area contributed by atoms with E-state index in [0.29, 0.717) is 12.0 Å². The third kappa shape index (κ3) is 4.20. The molecule has 0 amide bonds. The van der Waals surface area contributed by atoms with Crippen LogP contribution in [0.4, 0.5) is 11.4 Å². The quantitative estimate of drug-likeness (QED) is 0.668. The van der Waals surface area contributed by atoms with Crippen LogP contribution in [0, 0.1) is 23.0 Å². The Bertz CT molecular complexity index is 550. The van der Waals surface area contributed by atoms with E-state index in [4.69, 9.17) is 4.74 Å². The molecule has 1 aromatic rings. The van der Waals surface area contributed by atoms with Crippen LogP contribution in [-0.4, -0.2) is 48.7 Å². The Kier molecular flexibility index (Phi) is 5.13. The minimum Gasteiger partial charge on any atom is -0.382 e. The first-order valence-electron chi connectivity index (χ1n) is 8.43. The molecule has 0 aromatic heterocycles. The Balaban J connectivity index is 1.49. The number of nitrogens with one attached hydrogen (secondary N) is 1. The fraction of sp³-hybridized carbons (Fsp3) is 0.647. The summed E-state index contributed by atoms with van der Waals surface area (Å²) < 4.78 is 5.45. The number of anilines is 1. The first-order chi connectivity index (χ1) is 11.1. The SMILES string of the molecule is Cc1cc([N+](=O)[O-])ccc1NC1CCN(CC2CCOC2)CC1. The number of nitro groups is 1. The van der Waals surface area contributed by atoms with Crippen molar-refractivity contribution in [2.75, 3.05) is 38.2 Å². The molecule has 0 aliphatic carbocycles. The highest BCUT2D eigenvalue weighted by molar-refractivity contribution is 5.55. The molecule has 1 aromatic carbocycles. The largest absolute Gasteiger partial charge is 0.382 e. The van der Waals surface area contributed by atoms with Crippen molar-refractivity contribution in [1.82, 2.24) is 4.90 Å². The molecular formula is C17H25N3O3. The Labute approximate surface area is 137 Å². The fourth-order valence-electron chi connectivity index (χ4n) is 3.50. The van der Waals surface area contributed by atoms with E-state index in [0.717, 1.165) is 56.9 Å². The highest BCUT2D eigenvalue weighted by Gasteiger charge is 2.24. The summed E-state index contributed by atoms with van der Waals surface area (Å²) >= 11 is 0. The highest BCUT2D eigenvalue weighted by atomic mass is 16.6. The summed E-state index contributed by atoms with van der Waals surface area (Å²) in [7, 11) is 0. The van der Waals surface area contributed by atoms with Crippen LogP contribution in [0.5, 0.6) is 0 Å². The Morgan fingerprint density at radius 3 is 2.74 bits per heavy atom. The number of hydrogen-bond donors (Lipinski definition) is 1. The minimum atomic E-state index is -0.345. The maximum atomic E-state index is 10.8. The van der Waals surface area contributed by atoms with Gasteiger partial charge in [-0.25, -0.2) is 0 Å². The van der Waals surface area contributed by atoms with E-state index in [-0.39, 0.29) is 10.6 Å². The standard InChI is InChI=1S/C17H25N3O3/c1-13-10-16(20(21)22)2-3-17(13)18-15-4-7-19(8-5-15)11-14-6-9-23-12-14/h2-3,10,14-15,18H,4-9,11-12H2,1H3. The van der Waals surface area contributed by atoms with Gasteiger partial charge < -0.3 is 15.0 Å². The van der Waals surface area contributed by atoms with Gasteiger partial charge in [-0.05, 0) is 43.7 Å². The first kappa shape index (κ1) is 16.2. The van der Waals surface area contributed by atoms with Crippen molar-refractivity contribution in [3.8, 4) is 0 Å². The summed E-state index contributed by atoms with van der Waals surface area (Å²) in [6, 6.07) is 5.49. The Morgan fingerprint density at radius 2 is 2.13 bits per heavy atom. The predicted octanol–water partition coefficient (Wildman–Crippen LogP) is 2.82. The summed E-state index contributed by atoms with van der Waals surface area (Å²) in [5.74, 6) is 0.705. The molecule has 2 saturated heterocycles. The molecule has 2 aliphatic heterocycles. The number of nitro benzene ring substituents is 1. The van der Waals surface area contributed by atoms with Crippen LogP contribution in [0.15, 0.2) is 18.2 Å². The zero-order valence-electron chi connectivity index (χ0n) is 13.7. The van der Waals surface area contributed by atoms with Crippen LogP contribution >= 0.6 is 0 Å². The van der Waals surface area contributed by atoms with Crippen LogP contribution in [0.25, 0.3) is 0 Å². The van der Waals surface area contributed by atoms with Crippen LogP contribution in [-0.2, 0) is 4.74 Å². The minimum absolute atomic E-state index is 0.154. The van der Waals surface area contributed by atoms with Gasteiger partial charge in [0.2, 0.25) is 0 Å². The number of nitrogens with zero attached hydrogens (tertiary/aromatic N) is 2. The third-order valence-corrected chi connectivity index (χ3v) is 4.91. The second-order valence-corrected chi connectivity index (χ2v) is 6.71. The van der Waals surface area contributed by atoms with E-state index in [1.165, 1.54) is 6.42 Å². The number of piperidine rings is 1. The normalized spacial score (nSPS) is 23.1. The maximum absolute atomic E-state index is 10.8. The lowest BCUT2D eigenvalue weighted by molar-refractivity contribution is -0.384. The summed E-state index contributed by atoms with van der Waals surface area (Å²) in [4.78, 5) is 13.0. The molecular weight excluding hydrogens is 294 g/mol. The van der Waals surface area contributed by atoms with Crippen molar-refractivity contribution in [3.63, 3.8) is 0 Å². The average molecular weight is 319 g/mol. The van der Waals surface area contributed by atoms with Crippen molar-refractivity contribution in [2.24, 2.45) is 5.92 Å². The highest BCUT2D eigenvalue weighted by Crippen LogP contribution is 2.24. The molecule has 2 aliphatic rings. The number of likely N-dealkylation sites (tertiary alicyclic amines) is 1. The van der Waals surface area contributed by atoms with E-state index in [2.05, 4.69) is 10.2 Å².